The molecule has 0 bridgehead atoms. The van der Waals surface area contributed by atoms with E-state index >= 15 is 0 Å². The molecule has 3 unspecified atom stereocenters. The molecule has 1 aromatic rings. The predicted molar refractivity (Wildman–Crippen MR) is 83.5 cm³/mol. The van der Waals surface area contributed by atoms with Gasteiger partial charge in [-0.3, -0.25) is 4.90 Å². The van der Waals surface area contributed by atoms with E-state index < -0.39 is 0 Å². The first kappa shape index (κ1) is 14.7. The van der Waals surface area contributed by atoms with Crippen molar-refractivity contribution >= 4 is 0 Å². The van der Waals surface area contributed by atoms with Crippen LogP contribution >= 0.6 is 0 Å². The van der Waals surface area contributed by atoms with Gasteiger partial charge in [-0.15, -0.1) is 0 Å². The second-order valence-corrected chi connectivity index (χ2v) is 6.21. The third kappa shape index (κ3) is 2.87. The number of piperidine rings is 1. The van der Waals surface area contributed by atoms with Crippen molar-refractivity contribution < 1.29 is 9.47 Å². The number of benzene rings is 1. The highest BCUT2D eigenvalue weighted by atomic mass is 16.7. The minimum atomic E-state index is 0.334. The van der Waals surface area contributed by atoms with Gasteiger partial charge in [0.2, 0.25) is 6.79 Å². The zero-order valence-electron chi connectivity index (χ0n) is 13.0. The van der Waals surface area contributed by atoms with Crippen LogP contribution in [0.4, 0.5) is 0 Å². The summed E-state index contributed by atoms with van der Waals surface area (Å²) in [4.78, 5) is 2.56. The Balaban J connectivity index is 1.76. The zero-order valence-corrected chi connectivity index (χ0v) is 13.0. The fourth-order valence-corrected chi connectivity index (χ4v) is 3.63. The molecule has 2 aliphatic rings. The Bertz CT molecular complexity index is 492. The summed E-state index contributed by atoms with van der Waals surface area (Å²) in [6.45, 7) is 6.77. The molecule has 116 valence electrons. The van der Waals surface area contributed by atoms with E-state index in [0.717, 1.165) is 30.5 Å². The molecule has 2 aliphatic heterocycles. The van der Waals surface area contributed by atoms with Crippen LogP contribution in [0, 0.1) is 5.92 Å². The van der Waals surface area contributed by atoms with Gasteiger partial charge in [0.05, 0.1) is 0 Å². The lowest BCUT2D eigenvalue weighted by atomic mass is 9.87. The summed E-state index contributed by atoms with van der Waals surface area (Å²) in [5.41, 5.74) is 7.32. The molecular formula is C17H26N2O2. The lowest BCUT2D eigenvalue weighted by molar-refractivity contribution is 0.0772. The van der Waals surface area contributed by atoms with Crippen LogP contribution in [0.2, 0.25) is 0 Å². The normalized spacial score (nSPS) is 26.8. The van der Waals surface area contributed by atoms with Gasteiger partial charge in [0.1, 0.15) is 0 Å². The molecule has 0 saturated carbocycles. The Labute approximate surface area is 127 Å². The van der Waals surface area contributed by atoms with Crippen LogP contribution in [0.25, 0.3) is 0 Å². The van der Waals surface area contributed by atoms with Crippen LogP contribution in [-0.4, -0.2) is 30.8 Å². The maximum Gasteiger partial charge on any atom is 0.231 e. The first-order valence-electron chi connectivity index (χ1n) is 8.08. The Morgan fingerprint density at radius 2 is 2.14 bits per heavy atom. The van der Waals surface area contributed by atoms with E-state index in [1.54, 1.807) is 0 Å². The van der Waals surface area contributed by atoms with E-state index in [4.69, 9.17) is 15.2 Å². The van der Waals surface area contributed by atoms with Crippen LogP contribution in [0.15, 0.2) is 18.2 Å². The van der Waals surface area contributed by atoms with Gasteiger partial charge in [0.15, 0.2) is 11.5 Å². The van der Waals surface area contributed by atoms with E-state index in [1.807, 2.05) is 6.07 Å². The molecule has 21 heavy (non-hydrogen) atoms. The quantitative estimate of drug-likeness (QED) is 0.926. The molecule has 0 aliphatic carbocycles. The van der Waals surface area contributed by atoms with E-state index in [2.05, 4.69) is 30.9 Å². The average molecular weight is 290 g/mol. The number of hydrogen-bond acceptors (Lipinski definition) is 4. The van der Waals surface area contributed by atoms with Crippen LogP contribution in [0.1, 0.15) is 44.7 Å². The van der Waals surface area contributed by atoms with Crippen molar-refractivity contribution in [1.29, 1.82) is 0 Å². The van der Waals surface area contributed by atoms with Crippen molar-refractivity contribution in [2.24, 2.45) is 11.7 Å². The summed E-state index contributed by atoms with van der Waals surface area (Å²) in [6, 6.07) is 7.14. The summed E-state index contributed by atoms with van der Waals surface area (Å²) in [7, 11) is 0. The summed E-state index contributed by atoms with van der Waals surface area (Å²) in [5.74, 6) is 2.55. The zero-order chi connectivity index (χ0) is 14.8. The smallest absolute Gasteiger partial charge is 0.231 e. The predicted octanol–water partition coefficient (Wildman–Crippen LogP) is 2.93. The molecule has 2 N–H and O–H groups in total. The number of hydrogen-bond donors (Lipinski definition) is 1. The molecule has 0 spiro atoms. The lowest BCUT2D eigenvalue weighted by Crippen LogP contribution is -2.47. The van der Waals surface area contributed by atoms with Crippen LogP contribution in [0.5, 0.6) is 11.5 Å². The van der Waals surface area contributed by atoms with Gasteiger partial charge in [0, 0.05) is 18.6 Å². The molecule has 1 fully saturated rings. The van der Waals surface area contributed by atoms with Gasteiger partial charge < -0.3 is 15.2 Å². The molecule has 0 radical (unpaired) electrons. The number of fused-ring (bicyclic) bond motifs is 1. The second-order valence-electron chi connectivity index (χ2n) is 6.21. The minimum absolute atomic E-state index is 0.334. The maximum absolute atomic E-state index is 6.03. The number of nitrogens with zero attached hydrogens (tertiary/aromatic N) is 1. The minimum Gasteiger partial charge on any atom is -0.454 e. The standard InChI is InChI=1S/C17H26N2O2/c1-3-13-6-7-19(15(8-13)10-18)12(2)14-4-5-16-17(9-14)21-11-20-16/h4-5,9,12-13,15H,3,6-8,10-11,18H2,1-2H3. The fourth-order valence-electron chi connectivity index (χ4n) is 3.63. The van der Waals surface area contributed by atoms with Crippen molar-refractivity contribution in [1.82, 2.24) is 4.90 Å². The highest BCUT2D eigenvalue weighted by Crippen LogP contribution is 2.37. The summed E-state index contributed by atoms with van der Waals surface area (Å²) in [6.07, 6.45) is 3.77. The first-order valence-corrected chi connectivity index (χ1v) is 8.08. The van der Waals surface area contributed by atoms with Crippen LogP contribution in [-0.2, 0) is 0 Å². The molecule has 3 atom stereocenters. The number of likely N-dealkylation sites (tertiary alicyclic amines) is 1. The number of rotatable bonds is 4. The average Bonchev–Trinajstić information content (AvgIpc) is 3.01. The SMILES string of the molecule is CCC1CCN(C(C)c2ccc3c(c2)OCO3)C(CN)C1. The van der Waals surface area contributed by atoms with Crippen LogP contribution < -0.4 is 15.2 Å². The van der Waals surface area contributed by atoms with E-state index in [0.29, 0.717) is 18.9 Å². The third-order valence-corrected chi connectivity index (χ3v) is 5.10. The van der Waals surface area contributed by atoms with Gasteiger partial charge in [-0.1, -0.05) is 19.4 Å². The Morgan fingerprint density at radius 1 is 1.33 bits per heavy atom. The topological polar surface area (TPSA) is 47.7 Å². The van der Waals surface area contributed by atoms with Crippen molar-refractivity contribution in [3.05, 3.63) is 23.8 Å². The monoisotopic (exact) mass is 290 g/mol. The van der Waals surface area contributed by atoms with E-state index in [-0.39, 0.29) is 0 Å². The molecule has 2 heterocycles. The highest BCUT2D eigenvalue weighted by molar-refractivity contribution is 5.45. The largest absolute Gasteiger partial charge is 0.454 e. The molecule has 3 rings (SSSR count). The van der Waals surface area contributed by atoms with Gasteiger partial charge in [-0.2, -0.15) is 0 Å². The summed E-state index contributed by atoms with van der Waals surface area (Å²) >= 11 is 0. The molecule has 0 aromatic heterocycles. The summed E-state index contributed by atoms with van der Waals surface area (Å²) < 4.78 is 10.9. The number of nitrogens with two attached hydrogens (primary N) is 1. The highest BCUT2D eigenvalue weighted by Gasteiger charge is 2.30. The molecule has 4 heteroatoms. The van der Waals surface area contributed by atoms with Gasteiger partial charge >= 0.3 is 0 Å². The molecule has 0 amide bonds. The van der Waals surface area contributed by atoms with Crippen molar-refractivity contribution in [2.45, 2.75) is 45.2 Å². The fraction of sp³-hybridized carbons (Fsp3) is 0.647. The Hall–Kier alpha value is -1.26. The summed E-state index contributed by atoms with van der Waals surface area (Å²) in [5, 5.41) is 0. The second kappa shape index (κ2) is 6.24. The molecule has 1 saturated heterocycles. The number of ether oxygens (including phenoxy) is 2. The van der Waals surface area contributed by atoms with Gasteiger partial charge in [-0.05, 0) is 49.9 Å². The Kier molecular flexibility index (Phi) is 4.36. The third-order valence-electron chi connectivity index (χ3n) is 5.10. The van der Waals surface area contributed by atoms with E-state index in [9.17, 15) is 0 Å². The van der Waals surface area contributed by atoms with Gasteiger partial charge in [-0.25, -0.2) is 0 Å². The molecular weight excluding hydrogens is 264 g/mol. The molecule has 1 aromatic carbocycles. The lowest BCUT2D eigenvalue weighted by Gasteiger charge is -2.42. The van der Waals surface area contributed by atoms with Crippen LogP contribution in [0.3, 0.4) is 0 Å². The molecule has 4 nitrogen and oxygen atoms in total. The van der Waals surface area contributed by atoms with Gasteiger partial charge in [0.25, 0.3) is 0 Å². The van der Waals surface area contributed by atoms with Crippen molar-refractivity contribution in [3.63, 3.8) is 0 Å². The maximum atomic E-state index is 6.03. The van der Waals surface area contributed by atoms with Crippen molar-refractivity contribution in [2.75, 3.05) is 19.9 Å². The Morgan fingerprint density at radius 3 is 2.90 bits per heavy atom. The first-order chi connectivity index (χ1) is 10.2. The van der Waals surface area contributed by atoms with Crippen molar-refractivity contribution in [3.8, 4) is 11.5 Å². The van der Waals surface area contributed by atoms with E-state index in [1.165, 1.54) is 24.8 Å².